The minimum atomic E-state index is -0.302. The Hall–Kier alpha value is -1.69. The van der Waals surface area contributed by atoms with E-state index < -0.39 is 0 Å². The number of carbonyl (C=O) groups is 2. The van der Waals surface area contributed by atoms with Crippen LogP contribution in [0.15, 0.2) is 12.5 Å². The van der Waals surface area contributed by atoms with Gasteiger partial charge in [-0.3, -0.25) is 14.5 Å². The van der Waals surface area contributed by atoms with Crippen LogP contribution < -0.4 is 5.32 Å². The molecule has 1 unspecified atom stereocenters. The van der Waals surface area contributed by atoms with Gasteiger partial charge in [-0.2, -0.15) is 0 Å². The highest BCUT2D eigenvalue weighted by atomic mass is 16.2. The van der Waals surface area contributed by atoms with E-state index in [1.54, 1.807) is 19.6 Å². The van der Waals surface area contributed by atoms with Crippen LogP contribution in [-0.4, -0.2) is 39.9 Å². The molecular weight excluding hydrogens is 244 g/mol. The second kappa shape index (κ2) is 5.97. The fraction of sp³-hybridized carbons (Fsp3) is 0.615. The van der Waals surface area contributed by atoms with Gasteiger partial charge in [0.2, 0.25) is 5.91 Å². The van der Waals surface area contributed by atoms with E-state index >= 15 is 0 Å². The highest BCUT2D eigenvalue weighted by Crippen LogP contribution is 2.24. The van der Waals surface area contributed by atoms with E-state index in [4.69, 9.17) is 0 Å². The number of hydrogen-bond donors (Lipinski definition) is 1. The Morgan fingerprint density at radius 2 is 2.26 bits per heavy atom. The fourth-order valence-corrected chi connectivity index (χ4v) is 2.30. The molecule has 0 radical (unpaired) electrons. The van der Waals surface area contributed by atoms with Gasteiger partial charge >= 0.3 is 0 Å². The molecule has 1 saturated heterocycles. The Morgan fingerprint density at radius 3 is 3.00 bits per heavy atom. The number of piperidine rings is 1. The minimum absolute atomic E-state index is 0.105. The van der Waals surface area contributed by atoms with Crippen molar-refractivity contribution < 1.29 is 9.59 Å². The zero-order valence-corrected chi connectivity index (χ0v) is 11.4. The maximum absolute atomic E-state index is 12.2. The lowest BCUT2D eigenvalue weighted by Gasteiger charge is -2.29. The van der Waals surface area contributed by atoms with Crippen LogP contribution in [0.1, 0.15) is 37.9 Å². The molecular formula is C13H20N4O2. The molecule has 0 spiro atoms. The third-order valence-electron chi connectivity index (χ3n) is 3.44. The molecule has 1 aromatic rings. The highest BCUT2D eigenvalue weighted by Gasteiger charge is 2.33. The van der Waals surface area contributed by atoms with Gasteiger partial charge < -0.3 is 9.88 Å². The molecule has 1 aliphatic heterocycles. The zero-order chi connectivity index (χ0) is 13.8. The summed E-state index contributed by atoms with van der Waals surface area (Å²) in [6, 6.07) is -0.302. The van der Waals surface area contributed by atoms with Crippen LogP contribution >= 0.6 is 0 Å². The summed E-state index contributed by atoms with van der Waals surface area (Å²) in [6.45, 7) is 3.73. The highest BCUT2D eigenvalue weighted by molar-refractivity contribution is 5.99. The lowest BCUT2D eigenvalue weighted by Crippen LogP contribution is -2.43. The summed E-state index contributed by atoms with van der Waals surface area (Å²) in [5.41, 5.74) is 0.981. The van der Waals surface area contributed by atoms with Gasteiger partial charge in [0.25, 0.3) is 5.91 Å². The molecule has 0 aromatic carbocycles. The Morgan fingerprint density at radius 1 is 1.47 bits per heavy atom. The topological polar surface area (TPSA) is 67.2 Å². The number of nitrogens with zero attached hydrogens (tertiary/aromatic N) is 3. The second-order valence-electron chi connectivity index (χ2n) is 4.81. The monoisotopic (exact) mass is 264 g/mol. The zero-order valence-electron chi connectivity index (χ0n) is 11.4. The van der Waals surface area contributed by atoms with Gasteiger partial charge in [-0.25, -0.2) is 4.98 Å². The van der Waals surface area contributed by atoms with Crippen LogP contribution in [0.25, 0.3) is 0 Å². The Balaban J connectivity index is 2.11. The number of amides is 2. The Bertz CT molecular complexity index is 469. The summed E-state index contributed by atoms with van der Waals surface area (Å²) < 4.78 is 1.88. The van der Waals surface area contributed by atoms with Crippen LogP contribution in [0.2, 0.25) is 0 Å². The number of imide groups is 1. The van der Waals surface area contributed by atoms with Crippen molar-refractivity contribution in [2.45, 2.75) is 38.8 Å². The van der Waals surface area contributed by atoms with Crippen molar-refractivity contribution in [1.82, 2.24) is 19.8 Å². The molecule has 0 bridgehead atoms. The van der Waals surface area contributed by atoms with Crippen LogP contribution in [0.3, 0.4) is 0 Å². The maximum atomic E-state index is 12.2. The first-order valence-electron chi connectivity index (χ1n) is 6.67. The van der Waals surface area contributed by atoms with Gasteiger partial charge in [-0.1, -0.05) is 6.92 Å². The number of rotatable bonds is 5. The predicted molar refractivity (Wildman–Crippen MR) is 70.3 cm³/mol. The van der Waals surface area contributed by atoms with E-state index in [0.717, 1.165) is 18.7 Å². The molecule has 6 heteroatoms. The lowest BCUT2D eigenvalue weighted by molar-refractivity contribution is -0.149. The number of hydrogen-bond acceptors (Lipinski definition) is 4. The van der Waals surface area contributed by atoms with E-state index in [2.05, 4.69) is 17.2 Å². The van der Waals surface area contributed by atoms with Crippen molar-refractivity contribution in [2.24, 2.45) is 0 Å². The minimum Gasteiger partial charge on any atom is -0.321 e. The van der Waals surface area contributed by atoms with E-state index in [1.165, 1.54) is 4.90 Å². The predicted octanol–water partition coefficient (Wildman–Crippen LogP) is 0.703. The number of imidazole rings is 1. The largest absolute Gasteiger partial charge is 0.321 e. The number of likely N-dealkylation sites (tertiary alicyclic amines) is 1. The average molecular weight is 264 g/mol. The smallest absolute Gasteiger partial charge is 0.252 e. The number of likely N-dealkylation sites (N-methyl/N-ethyl adjacent to an activating group) is 1. The fourth-order valence-electron chi connectivity index (χ4n) is 2.30. The lowest BCUT2D eigenvalue weighted by atomic mass is 10.0. The summed E-state index contributed by atoms with van der Waals surface area (Å²) in [7, 11) is 1.54. The quantitative estimate of drug-likeness (QED) is 0.628. The molecule has 1 aliphatic rings. The van der Waals surface area contributed by atoms with Gasteiger partial charge in [-0.15, -0.1) is 0 Å². The number of nitrogens with one attached hydrogen (secondary N) is 1. The van der Waals surface area contributed by atoms with Crippen LogP contribution in [-0.2, 0) is 16.1 Å². The van der Waals surface area contributed by atoms with Crippen LogP contribution in [0, 0.1) is 0 Å². The van der Waals surface area contributed by atoms with Crippen molar-refractivity contribution in [3.8, 4) is 0 Å². The van der Waals surface area contributed by atoms with E-state index in [0.29, 0.717) is 19.4 Å². The average Bonchev–Trinajstić information content (AvgIpc) is 2.85. The Kier molecular flexibility index (Phi) is 4.31. The molecule has 1 N–H and O–H groups in total. The third kappa shape index (κ3) is 2.84. The number of aromatic nitrogens is 2. The Labute approximate surface area is 112 Å². The van der Waals surface area contributed by atoms with Crippen molar-refractivity contribution in [2.75, 3.05) is 13.6 Å². The molecule has 1 atom stereocenters. The van der Waals surface area contributed by atoms with E-state index in [-0.39, 0.29) is 17.9 Å². The van der Waals surface area contributed by atoms with Crippen molar-refractivity contribution in [1.29, 1.82) is 0 Å². The molecule has 2 amide bonds. The molecule has 6 nitrogen and oxygen atoms in total. The van der Waals surface area contributed by atoms with Crippen molar-refractivity contribution in [3.05, 3.63) is 18.2 Å². The van der Waals surface area contributed by atoms with Gasteiger partial charge in [0.1, 0.15) is 6.04 Å². The van der Waals surface area contributed by atoms with Gasteiger partial charge in [0.05, 0.1) is 12.0 Å². The first-order chi connectivity index (χ1) is 9.15. The van der Waals surface area contributed by atoms with E-state index in [9.17, 15) is 9.59 Å². The van der Waals surface area contributed by atoms with E-state index in [1.807, 2.05) is 4.57 Å². The molecule has 0 aliphatic carbocycles. The molecule has 0 saturated carbocycles. The normalized spacial score (nSPS) is 20.1. The number of carbonyl (C=O) groups excluding carboxylic acids is 2. The van der Waals surface area contributed by atoms with Crippen molar-refractivity contribution >= 4 is 11.8 Å². The molecule has 1 aromatic heterocycles. The second-order valence-corrected chi connectivity index (χ2v) is 4.81. The first kappa shape index (κ1) is 13.7. The SMILES string of the molecule is CCCNCc1cncn1C1CCC(=O)N(C)C1=O. The molecule has 2 heterocycles. The molecule has 1 fully saturated rings. The maximum Gasteiger partial charge on any atom is 0.252 e. The summed E-state index contributed by atoms with van der Waals surface area (Å²) >= 11 is 0. The standard InChI is InChI=1S/C13H20N4O2/c1-3-6-14-7-10-8-15-9-17(10)11-4-5-12(18)16(2)13(11)19/h8-9,11,14H,3-7H2,1-2H3. The summed E-state index contributed by atoms with van der Waals surface area (Å²) in [5, 5.41) is 3.30. The van der Waals surface area contributed by atoms with Gasteiger partial charge in [-0.05, 0) is 19.4 Å². The van der Waals surface area contributed by atoms with Crippen molar-refractivity contribution in [3.63, 3.8) is 0 Å². The summed E-state index contributed by atoms with van der Waals surface area (Å²) in [4.78, 5) is 29.0. The molecule has 104 valence electrons. The third-order valence-corrected chi connectivity index (χ3v) is 3.44. The van der Waals surface area contributed by atoms with Crippen LogP contribution in [0.5, 0.6) is 0 Å². The van der Waals surface area contributed by atoms with Crippen LogP contribution in [0.4, 0.5) is 0 Å². The van der Waals surface area contributed by atoms with Gasteiger partial charge in [0.15, 0.2) is 0 Å². The first-order valence-corrected chi connectivity index (χ1v) is 6.67. The molecule has 2 rings (SSSR count). The summed E-state index contributed by atoms with van der Waals surface area (Å²) in [6.07, 6.45) is 5.47. The van der Waals surface area contributed by atoms with Gasteiger partial charge in [0, 0.05) is 26.2 Å². The molecule has 19 heavy (non-hydrogen) atoms. The summed E-state index contributed by atoms with van der Waals surface area (Å²) in [5.74, 6) is -0.252.